The summed E-state index contributed by atoms with van der Waals surface area (Å²) in [5, 5.41) is 38.5. The first-order valence-electron chi connectivity index (χ1n) is 24.2. The van der Waals surface area contributed by atoms with Crippen LogP contribution < -0.4 is 20.4 Å². The van der Waals surface area contributed by atoms with E-state index in [0.717, 1.165) is 96.6 Å². The number of nitrogens with zero attached hydrogens (tertiary/aromatic N) is 6. The summed E-state index contributed by atoms with van der Waals surface area (Å²) in [6.07, 6.45) is 2.43. The van der Waals surface area contributed by atoms with Gasteiger partial charge in [0.1, 0.15) is 5.69 Å². The van der Waals surface area contributed by atoms with E-state index >= 15 is 4.57 Å². The number of halogens is 1. The highest BCUT2D eigenvalue weighted by atomic mass is 35.5. The zero-order chi connectivity index (χ0) is 48.2. The number of aliphatic hydroxyl groups is 1. The summed E-state index contributed by atoms with van der Waals surface area (Å²) < 4.78 is 17.6. The highest BCUT2D eigenvalue weighted by molar-refractivity contribution is 7.99. The first kappa shape index (κ1) is 48.9. The van der Waals surface area contributed by atoms with Gasteiger partial charge in [0.05, 0.1) is 22.4 Å². The number of aryl methyl sites for hydroxylation is 1. The first-order valence-corrected chi connectivity index (χ1v) is 27.3. The Kier molecular flexibility index (Phi) is 15.2. The summed E-state index contributed by atoms with van der Waals surface area (Å²) in [5.41, 5.74) is 8.68. The van der Waals surface area contributed by atoms with E-state index in [0.29, 0.717) is 23.9 Å². The maximum absolute atomic E-state index is 15.2. The van der Waals surface area contributed by atoms with E-state index in [1.165, 1.54) is 34.3 Å². The minimum Gasteiger partial charge on any atom is -0.393 e. The van der Waals surface area contributed by atoms with Gasteiger partial charge < -0.3 is 34.9 Å². The average Bonchev–Trinajstić information content (AvgIpc) is 3.88. The summed E-state index contributed by atoms with van der Waals surface area (Å²) in [6.45, 7) is 12.6. The largest absolute Gasteiger partial charge is 0.393 e. The van der Waals surface area contributed by atoms with Gasteiger partial charge >= 0.3 is 0 Å². The number of likely N-dealkylation sites (tertiary alicyclic amines) is 1. The van der Waals surface area contributed by atoms with Gasteiger partial charge in [0, 0.05) is 114 Å². The third-order valence-electron chi connectivity index (χ3n) is 14.1. The average molecular weight is 989 g/mol. The minimum absolute atomic E-state index is 0.100. The second-order valence-corrected chi connectivity index (χ2v) is 23.3. The minimum atomic E-state index is -3.70. The van der Waals surface area contributed by atoms with Gasteiger partial charge in [0.15, 0.2) is 0 Å². The second-order valence-electron chi connectivity index (χ2n) is 18.9. The molecule has 0 aliphatic carbocycles. The predicted molar refractivity (Wildman–Crippen MR) is 283 cm³/mol. The van der Waals surface area contributed by atoms with Gasteiger partial charge in [-0.05, 0) is 130 Å². The Balaban J connectivity index is 0.881. The number of piperidine rings is 1. The molecular weight excluding hydrogens is 925 g/mol. The molecule has 3 aliphatic rings. The van der Waals surface area contributed by atoms with Crippen LogP contribution in [0.1, 0.15) is 62.5 Å². The van der Waals surface area contributed by atoms with Gasteiger partial charge in [-0.3, -0.25) is 14.7 Å². The van der Waals surface area contributed by atoms with E-state index in [9.17, 15) is 20.4 Å². The van der Waals surface area contributed by atoms with Crippen LogP contribution in [0.2, 0.25) is 5.02 Å². The van der Waals surface area contributed by atoms with Crippen molar-refractivity contribution in [2.24, 2.45) is 0 Å². The summed E-state index contributed by atoms with van der Waals surface area (Å²) in [5.74, 6) is 0.686. The van der Waals surface area contributed by atoms with Gasteiger partial charge in [0.25, 0.3) is 5.69 Å². The van der Waals surface area contributed by atoms with Crippen molar-refractivity contribution in [1.29, 1.82) is 0 Å². The molecular formula is C54H63ClN7O5PS. The van der Waals surface area contributed by atoms with E-state index in [1.807, 2.05) is 42.5 Å². The molecule has 3 atom stereocenters. The molecule has 3 aliphatic heterocycles. The van der Waals surface area contributed by atoms with Crippen molar-refractivity contribution in [2.75, 3.05) is 73.2 Å². The van der Waals surface area contributed by atoms with Crippen LogP contribution in [0.15, 0.2) is 132 Å². The number of nitrogens with one attached hydrogen (secondary N) is 1. The Bertz CT molecular complexity index is 2760. The highest BCUT2D eigenvalue weighted by Crippen LogP contribution is 2.66. The van der Waals surface area contributed by atoms with Gasteiger partial charge in [-0.2, -0.15) is 0 Å². The SMILES string of the molecule is Cc1cc(-c2cccc(N3CCN(c4ccc([C@@H]5CCN(O)P5(=O)c5ccc(N[C@H](CCN6CCC(O)CC6)CSc6ccccc6)c([N+](=O)[O-])c5)cc4)CC3)c2)c(-c2ccc(Cl)cc2)n1C(C)C. The summed E-state index contributed by atoms with van der Waals surface area (Å²) >= 11 is 7.99. The lowest BCUT2D eigenvalue weighted by Gasteiger charge is -2.37. The second kappa shape index (κ2) is 21.5. The van der Waals surface area contributed by atoms with E-state index in [-0.39, 0.29) is 29.7 Å². The number of benzene rings is 5. The number of aromatic nitrogens is 1. The number of hydrogen-bond donors (Lipinski definition) is 3. The molecule has 362 valence electrons. The van der Waals surface area contributed by atoms with Crippen molar-refractivity contribution in [3.63, 3.8) is 0 Å². The van der Waals surface area contributed by atoms with Crippen LogP contribution in [-0.4, -0.2) is 99.8 Å². The molecule has 3 N–H and O–H groups in total. The normalized spacial score (nSPS) is 19.9. The number of nitro groups is 1. The molecule has 0 amide bonds. The molecule has 3 saturated heterocycles. The molecule has 0 spiro atoms. The molecule has 0 radical (unpaired) electrons. The van der Waals surface area contributed by atoms with E-state index in [1.54, 1.807) is 23.9 Å². The number of nitro benzene ring substituents is 1. The Morgan fingerprint density at radius 2 is 1.49 bits per heavy atom. The highest BCUT2D eigenvalue weighted by Gasteiger charge is 2.47. The zero-order valence-electron chi connectivity index (χ0n) is 39.7. The van der Waals surface area contributed by atoms with Crippen molar-refractivity contribution >= 4 is 58.7 Å². The lowest BCUT2D eigenvalue weighted by Crippen LogP contribution is -2.46. The lowest BCUT2D eigenvalue weighted by molar-refractivity contribution is -0.383. The maximum atomic E-state index is 15.2. The smallest absolute Gasteiger partial charge is 0.293 e. The molecule has 9 rings (SSSR count). The van der Waals surface area contributed by atoms with Crippen LogP contribution in [0.4, 0.5) is 22.7 Å². The molecule has 5 aromatic carbocycles. The first-order chi connectivity index (χ1) is 33.3. The summed E-state index contributed by atoms with van der Waals surface area (Å²) in [7, 11) is -3.70. The third-order valence-corrected chi connectivity index (χ3v) is 18.9. The molecule has 0 saturated carbocycles. The van der Waals surface area contributed by atoms with Crippen molar-refractivity contribution < 1.29 is 19.8 Å². The van der Waals surface area contributed by atoms with Crippen LogP contribution in [-0.2, 0) is 4.57 Å². The lowest BCUT2D eigenvalue weighted by atomic mass is 10.00. The van der Waals surface area contributed by atoms with Gasteiger partial charge in [-0.15, -0.1) is 16.6 Å². The number of aliphatic hydroxyl groups excluding tert-OH is 1. The molecule has 1 aromatic heterocycles. The predicted octanol–water partition coefficient (Wildman–Crippen LogP) is 11.8. The van der Waals surface area contributed by atoms with Crippen molar-refractivity contribution in [3.05, 3.63) is 154 Å². The Labute approximate surface area is 415 Å². The fourth-order valence-electron chi connectivity index (χ4n) is 10.4. The zero-order valence-corrected chi connectivity index (χ0v) is 42.1. The standard InChI is InChI=1S/C54H63ClN7O5PS/c1-38(2)61-39(3)34-50(54(61)41-12-16-43(55)17-13-41)42-8-7-9-46(35-42)59-32-30-58(31-33-59)45-18-14-40(15-19-45)53-25-29-60(64)68(53,67)48-20-21-51(52(36-48)62(65)66)56-44(37-69-49-10-5-4-6-11-49)22-26-57-27-23-47(63)24-28-57/h4-21,34-36,38,44,47,53,56,63-64H,22-33,37H2,1-3H3/t44-,53+,68?/m1/s1. The van der Waals surface area contributed by atoms with E-state index < -0.39 is 17.9 Å². The van der Waals surface area contributed by atoms with E-state index in [2.05, 4.69) is 112 Å². The van der Waals surface area contributed by atoms with Crippen LogP contribution in [0.3, 0.4) is 0 Å². The van der Waals surface area contributed by atoms with Crippen molar-refractivity contribution in [1.82, 2.24) is 14.3 Å². The summed E-state index contributed by atoms with van der Waals surface area (Å²) in [4.78, 5) is 21.5. The number of rotatable bonds is 16. The van der Waals surface area contributed by atoms with Crippen molar-refractivity contribution in [3.8, 4) is 22.4 Å². The van der Waals surface area contributed by atoms with Gasteiger partial charge in [-0.25, -0.2) is 0 Å². The van der Waals surface area contributed by atoms with Crippen LogP contribution >= 0.6 is 30.7 Å². The van der Waals surface area contributed by atoms with Crippen molar-refractivity contribution in [2.45, 2.75) is 75.2 Å². The molecule has 3 fully saturated rings. The fourth-order valence-corrected chi connectivity index (χ4v) is 14.6. The molecule has 6 aromatic rings. The van der Waals surface area contributed by atoms with Gasteiger partial charge in [-0.1, -0.05) is 66.2 Å². The molecule has 1 unspecified atom stereocenters. The molecule has 15 heteroatoms. The molecule has 12 nitrogen and oxygen atoms in total. The topological polar surface area (TPSA) is 131 Å². The Morgan fingerprint density at radius 1 is 0.797 bits per heavy atom. The number of thioether (sulfide) groups is 1. The number of anilines is 3. The molecule has 4 heterocycles. The Hall–Kier alpha value is -5.11. The van der Waals surface area contributed by atoms with Crippen LogP contribution in [0.5, 0.6) is 0 Å². The fraction of sp³-hybridized carbons (Fsp3) is 0.370. The maximum Gasteiger partial charge on any atom is 0.293 e. The summed E-state index contributed by atoms with van der Waals surface area (Å²) in [6, 6.07) is 42.5. The van der Waals surface area contributed by atoms with Gasteiger partial charge in [0.2, 0.25) is 7.29 Å². The quantitative estimate of drug-likeness (QED) is 0.0371. The third kappa shape index (κ3) is 10.8. The van der Waals surface area contributed by atoms with Crippen LogP contribution in [0, 0.1) is 17.0 Å². The van der Waals surface area contributed by atoms with E-state index in [4.69, 9.17) is 11.6 Å². The number of piperazine rings is 1. The Morgan fingerprint density at radius 3 is 2.17 bits per heavy atom. The monoisotopic (exact) mass is 987 g/mol. The number of hydrogen-bond acceptors (Lipinski definition) is 10. The number of hydroxylamine groups is 1. The van der Waals surface area contributed by atoms with Crippen LogP contribution in [0.25, 0.3) is 22.4 Å². The molecule has 69 heavy (non-hydrogen) atoms. The molecule has 0 bridgehead atoms.